The highest BCUT2D eigenvalue weighted by molar-refractivity contribution is 5.88. The Kier molecular flexibility index (Phi) is 6.90. The number of carbonyl (C=O) groups is 3. The van der Waals surface area contributed by atoms with Gasteiger partial charge < -0.3 is 15.1 Å². The van der Waals surface area contributed by atoms with Crippen molar-refractivity contribution in [1.82, 2.24) is 10.2 Å². The molecule has 5 atom stereocenters. The minimum Gasteiger partial charge on any atom is -0.480 e. The van der Waals surface area contributed by atoms with Crippen LogP contribution in [0, 0.1) is 5.92 Å². The molecule has 7 nitrogen and oxygen atoms in total. The Morgan fingerprint density at radius 2 is 1.83 bits per heavy atom. The Balaban J connectivity index is 1.66. The van der Waals surface area contributed by atoms with Crippen molar-refractivity contribution in [3.8, 4) is 0 Å². The second kappa shape index (κ2) is 9.39. The Morgan fingerprint density at radius 1 is 1.14 bits per heavy atom. The zero-order valence-corrected chi connectivity index (χ0v) is 16.8. The molecule has 1 aliphatic heterocycles. The van der Waals surface area contributed by atoms with Gasteiger partial charge in [0.1, 0.15) is 12.1 Å². The second-order valence-electron chi connectivity index (χ2n) is 8.25. The topological polar surface area (TPSA) is 107 Å². The lowest BCUT2D eigenvalue weighted by Crippen LogP contribution is -2.55. The van der Waals surface area contributed by atoms with Gasteiger partial charge in [-0.15, -0.1) is 0 Å². The summed E-state index contributed by atoms with van der Waals surface area (Å²) in [5.41, 5.74) is 1.04. The average molecular weight is 402 g/mol. The van der Waals surface area contributed by atoms with E-state index in [1.807, 2.05) is 30.3 Å². The number of nitrogens with zero attached hydrogens (tertiary/aromatic N) is 1. The number of carboxylic acid groups (broad SMARTS) is 2. The zero-order chi connectivity index (χ0) is 21.0. The highest BCUT2D eigenvalue weighted by Gasteiger charge is 2.48. The molecule has 0 bridgehead atoms. The number of benzene rings is 1. The van der Waals surface area contributed by atoms with Crippen molar-refractivity contribution in [2.45, 2.75) is 76.0 Å². The molecule has 1 saturated heterocycles. The third-order valence-electron chi connectivity index (χ3n) is 6.31. The molecule has 1 amide bonds. The molecule has 3 N–H and O–H groups in total. The number of carbonyl (C=O) groups excluding carboxylic acids is 1. The molecule has 158 valence electrons. The Morgan fingerprint density at radius 3 is 2.48 bits per heavy atom. The third kappa shape index (κ3) is 4.96. The quantitative estimate of drug-likeness (QED) is 0.616. The summed E-state index contributed by atoms with van der Waals surface area (Å²) in [7, 11) is 0. The summed E-state index contributed by atoms with van der Waals surface area (Å²) in [5, 5.41) is 22.2. The number of likely N-dealkylation sites (tertiary alicyclic amines) is 1. The fourth-order valence-electron chi connectivity index (χ4n) is 4.83. The molecule has 2 fully saturated rings. The first-order valence-electron chi connectivity index (χ1n) is 10.5. The normalized spacial score (nSPS) is 25.8. The molecule has 1 aliphatic carbocycles. The first-order chi connectivity index (χ1) is 13.9. The summed E-state index contributed by atoms with van der Waals surface area (Å²) < 4.78 is 0. The van der Waals surface area contributed by atoms with Gasteiger partial charge in [0.15, 0.2) is 0 Å². The van der Waals surface area contributed by atoms with Crippen molar-refractivity contribution in [3.63, 3.8) is 0 Å². The van der Waals surface area contributed by atoms with E-state index in [0.29, 0.717) is 19.3 Å². The molecule has 4 unspecified atom stereocenters. The maximum absolute atomic E-state index is 13.2. The van der Waals surface area contributed by atoms with Crippen molar-refractivity contribution < 1.29 is 24.6 Å². The van der Waals surface area contributed by atoms with Crippen LogP contribution >= 0.6 is 0 Å². The molecule has 1 heterocycles. The number of amides is 1. The van der Waals surface area contributed by atoms with Gasteiger partial charge in [0.2, 0.25) is 5.91 Å². The SMILES string of the molecule is C[C@H](NC(CCc1ccccc1)C(=O)O)C(=O)N1C(C(=O)O)CC2CCCCC21. The maximum atomic E-state index is 13.2. The summed E-state index contributed by atoms with van der Waals surface area (Å²) in [4.78, 5) is 38.2. The average Bonchev–Trinajstić information content (AvgIpc) is 3.10. The van der Waals surface area contributed by atoms with Gasteiger partial charge in [-0.3, -0.25) is 14.9 Å². The zero-order valence-electron chi connectivity index (χ0n) is 16.8. The second-order valence-corrected chi connectivity index (χ2v) is 8.25. The van der Waals surface area contributed by atoms with Crippen molar-refractivity contribution in [2.75, 3.05) is 0 Å². The molecule has 3 rings (SSSR count). The maximum Gasteiger partial charge on any atom is 0.326 e. The fourth-order valence-corrected chi connectivity index (χ4v) is 4.83. The van der Waals surface area contributed by atoms with Crippen LogP contribution in [0.4, 0.5) is 0 Å². The molecule has 7 heteroatoms. The van der Waals surface area contributed by atoms with E-state index in [1.165, 1.54) is 4.90 Å². The summed E-state index contributed by atoms with van der Waals surface area (Å²) in [6.07, 6.45) is 5.27. The van der Waals surface area contributed by atoms with E-state index < -0.39 is 30.1 Å². The monoisotopic (exact) mass is 402 g/mol. The van der Waals surface area contributed by atoms with Crippen LogP contribution in [0.25, 0.3) is 0 Å². The molecule has 1 aromatic rings. The number of hydrogen-bond acceptors (Lipinski definition) is 4. The molecular formula is C22H30N2O5. The minimum absolute atomic E-state index is 0.0470. The molecule has 0 radical (unpaired) electrons. The molecular weight excluding hydrogens is 372 g/mol. The molecule has 29 heavy (non-hydrogen) atoms. The van der Waals surface area contributed by atoms with E-state index in [2.05, 4.69) is 5.32 Å². The lowest BCUT2D eigenvalue weighted by Gasteiger charge is -2.35. The first-order valence-corrected chi connectivity index (χ1v) is 10.5. The van der Waals surface area contributed by atoms with E-state index >= 15 is 0 Å². The standard InChI is InChI=1S/C22H30N2O5/c1-14(23-17(21(26)27)12-11-15-7-3-2-4-8-15)20(25)24-18-10-6-5-9-16(18)13-19(24)22(28)29/h2-4,7-8,14,16-19,23H,5-6,9-13H2,1H3,(H,26,27)(H,28,29)/t14-,16?,17?,18?,19?/m0/s1. The minimum atomic E-state index is -1.01. The number of aryl methyl sites for hydroxylation is 1. The van der Waals surface area contributed by atoms with Crippen molar-refractivity contribution in [1.29, 1.82) is 0 Å². The van der Waals surface area contributed by atoms with E-state index in [1.54, 1.807) is 6.92 Å². The van der Waals surface area contributed by atoms with Gasteiger partial charge in [0.05, 0.1) is 6.04 Å². The van der Waals surface area contributed by atoms with Crippen LogP contribution in [-0.2, 0) is 20.8 Å². The highest BCUT2D eigenvalue weighted by Crippen LogP contribution is 2.40. The summed E-state index contributed by atoms with van der Waals surface area (Å²) in [6.45, 7) is 1.63. The van der Waals surface area contributed by atoms with Gasteiger partial charge in [0, 0.05) is 6.04 Å². The van der Waals surface area contributed by atoms with E-state index in [0.717, 1.165) is 31.2 Å². The Hall–Kier alpha value is -2.41. The Labute approximate surface area is 171 Å². The lowest BCUT2D eigenvalue weighted by atomic mass is 9.84. The molecule has 0 aromatic heterocycles. The predicted octanol–water partition coefficient (Wildman–Crippen LogP) is 2.29. The van der Waals surface area contributed by atoms with Gasteiger partial charge in [-0.05, 0) is 50.5 Å². The van der Waals surface area contributed by atoms with E-state index in [9.17, 15) is 24.6 Å². The number of carboxylic acids is 2. The largest absolute Gasteiger partial charge is 0.480 e. The van der Waals surface area contributed by atoms with Crippen LogP contribution in [0.15, 0.2) is 30.3 Å². The fraction of sp³-hybridized carbons (Fsp3) is 0.591. The number of hydrogen-bond donors (Lipinski definition) is 3. The third-order valence-corrected chi connectivity index (χ3v) is 6.31. The number of nitrogens with one attached hydrogen (secondary N) is 1. The van der Waals surface area contributed by atoms with Crippen molar-refractivity contribution in [2.24, 2.45) is 5.92 Å². The van der Waals surface area contributed by atoms with Crippen LogP contribution in [-0.4, -0.2) is 57.1 Å². The van der Waals surface area contributed by atoms with Gasteiger partial charge in [-0.1, -0.05) is 43.2 Å². The Bertz CT molecular complexity index is 738. The number of rotatable bonds is 8. The summed E-state index contributed by atoms with van der Waals surface area (Å²) in [5.74, 6) is -2.06. The van der Waals surface area contributed by atoms with Crippen LogP contribution in [0.5, 0.6) is 0 Å². The summed E-state index contributed by atoms with van der Waals surface area (Å²) >= 11 is 0. The van der Waals surface area contributed by atoms with Crippen LogP contribution in [0.2, 0.25) is 0 Å². The van der Waals surface area contributed by atoms with E-state index in [4.69, 9.17) is 0 Å². The van der Waals surface area contributed by atoms with Crippen LogP contribution in [0.3, 0.4) is 0 Å². The molecule has 2 aliphatic rings. The van der Waals surface area contributed by atoms with Crippen molar-refractivity contribution in [3.05, 3.63) is 35.9 Å². The van der Waals surface area contributed by atoms with Gasteiger partial charge in [0.25, 0.3) is 0 Å². The van der Waals surface area contributed by atoms with Gasteiger partial charge >= 0.3 is 11.9 Å². The summed E-state index contributed by atoms with van der Waals surface area (Å²) in [6, 6.07) is 7.12. The van der Waals surface area contributed by atoms with E-state index in [-0.39, 0.29) is 17.9 Å². The predicted molar refractivity (Wildman–Crippen MR) is 107 cm³/mol. The number of fused-ring (bicyclic) bond motifs is 1. The smallest absolute Gasteiger partial charge is 0.326 e. The highest BCUT2D eigenvalue weighted by atomic mass is 16.4. The lowest BCUT2D eigenvalue weighted by molar-refractivity contribution is -0.151. The van der Waals surface area contributed by atoms with Crippen LogP contribution in [0.1, 0.15) is 51.0 Å². The van der Waals surface area contributed by atoms with Crippen molar-refractivity contribution >= 4 is 17.8 Å². The van der Waals surface area contributed by atoms with Gasteiger partial charge in [-0.25, -0.2) is 4.79 Å². The molecule has 1 saturated carbocycles. The van der Waals surface area contributed by atoms with Crippen LogP contribution < -0.4 is 5.32 Å². The van der Waals surface area contributed by atoms with Gasteiger partial charge in [-0.2, -0.15) is 0 Å². The number of aliphatic carboxylic acids is 2. The molecule has 0 spiro atoms. The first kappa shape index (κ1) is 21.3. The molecule has 1 aromatic carbocycles.